The van der Waals surface area contributed by atoms with Crippen molar-refractivity contribution in [2.45, 2.75) is 0 Å². The summed E-state index contributed by atoms with van der Waals surface area (Å²) in [5.74, 6) is 1.07. The first-order valence-corrected chi connectivity index (χ1v) is 11.1. The Balaban J connectivity index is 1.61. The fraction of sp³-hybridized carbons (Fsp3) is 0.100. The van der Waals surface area contributed by atoms with E-state index in [-0.39, 0.29) is 7.92 Å². The first-order chi connectivity index (χ1) is 13.1. The number of nitrogens with one attached hydrogen (secondary N) is 3. The van der Waals surface area contributed by atoms with Crippen molar-refractivity contribution < 1.29 is 0 Å². The molecular formula is C20H19ClN5P. The SMILES string of the molecule is CP(C)c1ccccc1Nc1nc(Nc2ccc3[nH]ccc3c2)ncc1Cl. The van der Waals surface area contributed by atoms with Gasteiger partial charge in [0.25, 0.3) is 0 Å². The zero-order chi connectivity index (χ0) is 18.8. The Labute approximate surface area is 164 Å². The number of rotatable bonds is 5. The predicted octanol–water partition coefficient (Wildman–Crippen LogP) is 5.47. The number of nitrogens with zero attached hydrogens (tertiary/aromatic N) is 2. The smallest absolute Gasteiger partial charge is 0.229 e. The maximum Gasteiger partial charge on any atom is 0.229 e. The number of para-hydroxylation sites is 1. The molecule has 0 spiro atoms. The Morgan fingerprint density at radius 2 is 1.89 bits per heavy atom. The van der Waals surface area contributed by atoms with Crippen molar-refractivity contribution in [1.29, 1.82) is 0 Å². The molecule has 7 heteroatoms. The van der Waals surface area contributed by atoms with Gasteiger partial charge in [-0.3, -0.25) is 0 Å². The monoisotopic (exact) mass is 395 g/mol. The molecule has 4 rings (SSSR count). The first kappa shape index (κ1) is 17.8. The minimum absolute atomic E-state index is 0.250. The van der Waals surface area contributed by atoms with Crippen molar-refractivity contribution in [1.82, 2.24) is 15.0 Å². The van der Waals surface area contributed by atoms with Crippen LogP contribution in [0.4, 0.5) is 23.1 Å². The molecule has 4 aromatic rings. The van der Waals surface area contributed by atoms with Gasteiger partial charge >= 0.3 is 0 Å². The lowest BCUT2D eigenvalue weighted by Gasteiger charge is -2.15. The van der Waals surface area contributed by atoms with Crippen LogP contribution in [0.1, 0.15) is 0 Å². The van der Waals surface area contributed by atoms with E-state index in [9.17, 15) is 0 Å². The maximum atomic E-state index is 6.33. The molecule has 0 fully saturated rings. The summed E-state index contributed by atoms with van der Waals surface area (Å²) in [4.78, 5) is 12.1. The highest BCUT2D eigenvalue weighted by atomic mass is 35.5. The van der Waals surface area contributed by atoms with Gasteiger partial charge in [0, 0.05) is 28.5 Å². The summed E-state index contributed by atoms with van der Waals surface area (Å²) in [6.07, 6.45) is 3.53. The van der Waals surface area contributed by atoms with Gasteiger partial charge in [0.2, 0.25) is 5.95 Å². The molecule has 0 saturated heterocycles. The highest BCUT2D eigenvalue weighted by molar-refractivity contribution is 7.64. The average Bonchev–Trinajstić information content (AvgIpc) is 3.12. The van der Waals surface area contributed by atoms with E-state index in [1.54, 1.807) is 6.20 Å². The van der Waals surface area contributed by atoms with E-state index in [1.165, 1.54) is 5.30 Å². The summed E-state index contributed by atoms with van der Waals surface area (Å²) in [5, 5.41) is 9.49. The van der Waals surface area contributed by atoms with Gasteiger partial charge < -0.3 is 15.6 Å². The number of halogens is 1. The quantitative estimate of drug-likeness (QED) is 0.392. The van der Waals surface area contributed by atoms with E-state index in [4.69, 9.17) is 11.6 Å². The number of hydrogen-bond donors (Lipinski definition) is 3. The van der Waals surface area contributed by atoms with Gasteiger partial charge in [-0.15, -0.1) is 0 Å². The van der Waals surface area contributed by atoms with E-state index in [0.29, 0.717) is 16.8 Å². The third-order valence-corrected chi connectivity index (χ3v) is 5.82. The predicted molar refractivity (Wildman–Crippen MR) is 117 cm³/mol. The molecule has 0 unspecified atom stereocenters. The van der Waals surface area contributed by atoms with Crippen molar-refractivity contribution in [2.75, 3.05) is 24.0 Å². The van der Waals surface area contributed by atoms with E-state index < -0.39 is 0 Å². The second kappa shape index (κ2) is 7.55. The van der Waals surface area contributed by atoms with Gasteiger partial charge in [-0.2, -0.15) is 4.98 Å². The van der Waals surface area contributed by atoms with E-state index in [0.717, 1.165) is 22.3 Å². The van der Waals surface area contributed by atoms with Gasteiger partial charge in [-0.25, -0.2) is 4.98 Å². The largest absolute Gasteiger partial charge is 0.361 e. The fourth-order valence-corrected chi connectivity index (χ4v) is 4.01. The number of hydrogen-bond acceptors (Lipinski definition) is 4. The molecule has 0 saturated carbocycles. The van der Waals surface area contributed by atoms with Crippen LogP contribution in [0.3, 0.4) is 0 Å². The first-order valence-electron chi connectivity index (χ1n) is 8.50. The van der Waals surface area contributed by atoms with Crippen LogP contribution in [0.5, 0.6) is 0 Å². The molecule has 5 nitrogen and oxygen atoms in total. The van der Waals surface area contributed by atoms with Crippen LogP contribution >= 0.6 is 19.5 Å². The lowest BCUT2D eigenvalue weighted by atomic mass is 10.2. The van der Waals surface area contributed by atoms with Gasteiger partial charge in [0.15, 0.2) is 5.82 Å². The van der Waals surface area contributed by atoms with Crippen molar-refractivity contribution in [3.05, 3.63) is 65.9 Å². The molecular weight excluding hydrogens is 377 g/mol. The molecule has 0 atom stereocenters. The number of benzene rings is 2. The number of aromatic nitrogens is 3. The Bertz CT molecular complexity index is 1090. The molecule has 0 aliphatic rings. The van der Waals surface area contributed by atoms with Crippen LogP contribution in [-0.4, -0.2) is 28.3 Å². The van der Waals surface area contributed by atoms with E-state index >= 15 is 0 Å². The molecule has 2 aromatic heterocycles. The fourth-order valence-electron chi connectivity index (χ4n) is 2.87. The van der Waals surface area contributed by atoms with Crippen LogP contribution in [0, 0.1) is 0 Å². The van der Waals surface area contributed by atoms with E-state index in [1.807, 2.05) is 42.6 Å². The summed E-state index contributed by atoms with van der Waals surface area (Å²) < 4.78 is 0. The summed E-state index contributed by atoms with van der Waals surface area (Å²) in [5.41, 5.74) is 3.03. The van der Waals surface area contributed by atoms with Crippen molar-refractivity contribution in [3.63, 3.8) is 0 Å². The lowest BCUT2D eigenvalue weighted by Crippen LogP contribution is -2.09. The van der Waals surface area contributed by atoms with Crippen LogP contribution in [0.2, 0.25) is 5.02 Å². The topological polar surface area (TPSA) is 65.6 Å². The average molecular weight is 396 g/mol. The number of aromatic amines is 1. The third-order valence-electron chi connectivity index (χ3n) is 4.19. The summed E-state index contributed by atoms with van der Waals surface area (Å²) >= 11 is 6.33. The number of H-pyrrole nitrogens is 1. The van der Waals surface area contributed by atoms with Gasteiger partial charge in [-0.1, -0.05) is 37.7 Å². The van der Waals surface area contributed by atoms with Crippen LogP contribution in [-0.2, 0) is 0 Å². The zero-order valence-electron chi connectivity index (χ0n) is 15.0. The number of anilines is 4. The summed E-state index contributed by atoms with van der Waals surface area (Å²) in [6.45, 7) is 4.45. The molecule has 27 heavy (non-hydrogen) atoms. The molecule has 0 aliphatic heterocycles. The maximum absolute atomic E-state index is 6.33. The second-order valence-electron chi connectivity index (χ2n) is 6.33. The van der Waals surface area contributed by atoms with Crippen molar-refractivity contribution in [3.8, 4) is 0 Å². The highest BCUT2D eigenvalue weighted by Crippen LogP contribution is 2.31. The van der Waals surface area contributed by atoms with Gasteiger partial charge in [0.1, 0.15) is 5.02 Å². The molecule has 136 valence electrons. The van der Waals surface area contributed by atoms with Crippen LogP contribution in [0.25, 0.3) is 10.9 Å². The lowest BCUT2D eigenvalue weighted by molar-refractivity contribution is 1.17. The van der Waals surface area contributed by atoms with Crippen LogP contribution in [0.15, 0.2) is 60.9 Å². The Kier molecular flexibility index (Phi) is 4.97. The molecule has 0 radical (unpaired) electrons. The molecule has 0 aliphatic carbocycles. The Hall–Kier alpha value is -2.62. The molecule has 0 bridgehead atoms. The summed E-state index contributed by atoms with van der Waals surface area (Å²) in [7, 11) is -0.250. The minimum atomic E-state index is -0.250. The van der Waals surface area contributed by atoms with E-state index in [2.05, 4.69) is 51.0 Å². The molecule has 3 N–H and O–H groups in total. The highest BCUT2D eigenvalue weighted by Gasteiger charge is 2.10. The normalized spacial score (nSPS) is 11.1. The van der Waals surface area contributed by atoms with Gasteiger partial charge in [-0.05, 0) is 49.0 Å². The Morgan fingerprint density at radius 1 is 1.04 bits per heavy atom. The second-order valence-corrected chi connectivity index (χ2v) is 9.01. The Morgan fingerprint density at radius 3 is 2.74 bits per heavy atom. The van der Waals surface area contributed by atoms with Crippen molar-refractivity contribution >= 4 is 58.9 Å². The van der Waals surface area contributed by atoms with Crippen molar-refractivity contribution in [2.24, 2.45) is 0 Å². The summed E-state index contributed by atoms with van der Waals surface area (Å²) in [6, 6.07) is 16.3. The standard InChI is InChI=1S/C20H19ClN5P/c1-27(2)18-6-4-3-5-17(18)25-19-15(21)12-23-20(26-19)24-14-7-8-16-13(11-14)9-10-22-16/h3-12,22H,1-2H3,(H2,23,24,25,26). The van der Waals surface area contributed by atoms with Gasteiger partial charge in [0.05, 0.1) is 6.20 Å². The van der Waals surface area contributed by atoms with Crippen LogP contribution < -0.4 is 15.9 Å². The molecule has 2 heterocycles. The molecule has 2 aromatic carbocycles. The zero-order valence-corrected chi connectivity index (χ0v) is 16.6. The molecule has 0 amide bonds. The minimum Gasteiger partial charge on any atom is -0.361 e. The number of fused-ring (bicyclic) bond motifs is 1. The third kappa shape index (κ3) is 3.90.